The third-order valence-corrected chi connectivity index (χ3v) is 5.28. The zero-order valence-corrected chi connectivity index (χ0v) is 18.8. The fourth-order valence-electron chi connectivity index (χ4n) is 3.69. The monoisotopic (exact) mass is 426 g/mol. The van der Waals surface area contributed by atoms with E-state index in [9.17, 15) is 14.4 Å². The smallest absolute Gasteiger partial charge is 0.275 e. The molecule has 2 heterocycles. The molecule has 8 heteroatoms. The number of carbonyl (C=O) groups excluding carboxylic acids is 3. The van der Waals surface area contributed by atoms with Crippen LogP contribution in [0.3, 0.4) is 0 Å². The number of carbonyl (C=O) groups is 3. The number of likely N-dealkylation sites (N-methyl/N-ethyl adjacent to an activating group) is 1. The topological polar surface area (TPSA) is 87.0 Å². The molecule has 0 radical (unpaired) electrons. The van der Waals surface area contributed by atoms with Crippen molar-refractivity contribution in [2.24, 2.45) is 0 Å². The van der Waals surface area contributed by atoms with Crippen molar-refractivity contribution in [2.45, 2.75) is 26.3 Å². The average Bonchev–Trinajstić information content (AvgIpc) is 2.71. The van der Waals surface area contributed by atoms with Crippen LogP contribution in [0.4, 0.5) is 0 Å². The zero-order valence-electron chi connectivity index (χ0n) is 18.8. The van der Waals surface area contributed by atoms with Crippen LogP contribution in [0.1, 0.15) is 31.3 Å². The van der Waals surface area contributed by atoms with Gasteiger partial charge in [0.25, 0.3) is 11.8 Å². The van der Waals surface area contributed by atoms with Crippen LogP contribution in [0.25, 0.3) is 10.9 Å². The summed E-state index contributed by atoms with van der Waals surface area (Å²) in [6.07, 6.45) is 0. The number of pyridine rings is 1. The van der Waals surface area contributed by atoms with Gasteiger partial charge < -0.3 is 20.0 Å². The van der Waals surface area contributed by atoms with E-state index in [-0.39, 0.29) is 29.8 Å². The number of piperazine rings is 1. The third-order valence-electron chi connectivity index (χ3n) is 5.28. The summed E-state index contributed by atoms with van der Waals surface area (Å²) < 4.78 is 0. The van der Waals surface area contributed by atoms with E-state index in [4.69, 9.17) is 0 Å². The maximum Gasteiger partial charge on any atom is 0.275 e. The van der Waals surface area contributed by atoms with Gasteiger partial charge >= 0.3 is 0 Å². The Hall–Kier alpha value is -3.00. The summed E-state index contributed by atoms with van der Waals surface area (Å²) in [5, 5.41) is 3.94. The Morgan fingerprint density at radius 2 is 1.77 bits per heavy atom. The fraction of sp³-hybridized carbons (Fsp3) is 0.478. The predicted octanol–water partition coefficient (Wildman–Crippen LogP) is -0.0514. The summed E-state index contributed by atoms with van der Waals surface area (Å²) in [7, 11) is 1.62. The van der Waals surface area contributed by atoms with Crippen molar-refractivity contribution in [3.63, 3.8) is 0 Å². The standard InChI is InChI=1S/C23H31N5O3/c1-23(2,3)25-20(29)15-27-11-13-28(14-12-27)21(30)16-26(4)22(31)19-10-9-17-7-5-6-8-18(17)24-19/h5-10H,11-16H2,1-4H3,(H,25,29)/p+1. The van der Waals surface area contributed by atoms with E-state index in [0.29, 0.717) is 38.4 Å². The molecule has 1 aromatic heterocycles. The molecule has 0 aliphatic carbocycles. The Balaban J connectivity index is 1.49. The normalized spacial score (nSPS) is 15.0. The van der Waals surface area contributed by atoms with Crippen molar-refractivity contribution in [1.29, 1.82) is 0 Å². The summed E-state index contributed by atoms with van der Waals surface area (Å²) >= 11 is 0. The fourth-order valence-corrected chi connectivity index (χ4v) is 3.69. The molecule has 0 bridgehead atoms. The molecule has 8 nitrogen and oxygen atoms in total. The lowest BCUT2D eigenvalue weighted by atomic mass is 10.1. The number of para-hydroxylation sites is 1. The van der Waals surface area contributed by atoms with Gasteiger partial charge in [0.2, 0.25) is 5.91 Å². The van der Waals surface area contributed by atoms with Gasteiger partial charge in [0.1, 0.15) is 5.69 Å². The van der Waals surface area contributed by atoms with Crippen LogP contribution in [0.15, 0.2) is 36.4 Å². The second-order valence-corrected chi connectivity index (χ2v) is 9.16. The molecule has 0 unspecified atom stereocenters. The van der Waals surface area contributed by atoms with E-state index >= 15 is 0 Å². The highest BCUT2D eigenvalue weighted by molar-refractivity contribution is 5.96. The van der Waals surface area contributed by atoms with Gasteiger partial charge in [0, 0.05) is 18.0 Å². The number of benzene rings is 1. The van der Waals surface area contributed by atoms with Gasteiger partial charge in [-0.1, -0.05) is 24.3 Å². The van der Waals surface area contributed by atoms with Crippen molar-refractivity contribution >= 4 is 28.6 Å². The van der Waals surface area contributed by atoms with Gasteiger partial charge in [-0.05, 0) is 32.9 Å². The van der Waals surface area contributed by atoms with Gasteiger partial charge in [-0.3, -0.25) is 14.4 Å². The second kappa shape index (κ2) is 9.43. The lowest BCUT2D eigenvalue weighted by molar-refractivity contribution is -0.896. The van der Waals surface area contributed by atoms with Crippen molar-refractivity contribution < 1.29 is 19.3 Å². The Morgan fingerprint density at radius 3 is 2.45 bits per heavy atom. The number of hydrogen-bond donors (Lipinski definition) is 2. The zero-order chi connectivity index (χ0) is 22.6. The van der Waals surface area contributed by atoms with Crippen LogP contribution in [0, 0.1) is 0 Å². The van der Waals surface area contributed by atoms with E-state index in [0.717, 1.165) is 15.8 Å². The molecular formula is C23H32N5O3+. The van der Waals surface area contributed by atoms with Gasteiger partial charge in [0.15, 0.2) is 6.54 Å². The van der Waals surface area contributed by atoms with Gasteiger partial charge in [-0.15, -0.1) is 0 Å². The lowest BCUT2D eigenvalue weighted by Crippen LogP contribution is -3.16. The van der Waals surface area contributed by atoms with Crippen LogP contribution in [-0.2, 0) is 9.59 Å². The molecule has 0 atom stereocenters. The summed E-state index contributed by atoms with van der Waals surface area (Å²) in [6, 6.07) is 11.2. The quantitative estimate of drug-likeness (QED) is 0.702. The van der Waals surface area contributed by atoms with Gasteiger partial charge in [0.05, 0.1) is 38.2 Å². The van der Waals surface area contributed by atoms with Crippen LogP contribution < -0.4 is 10.2 Å². The molecule has 3 rings (SSSR count). The number of nitrogens with zero attached hydrogens (tertiary/aromatic N) is 3. The van der Waals surface area contributed by atoms with Crippen molar-refractivity contribution in [2.75, 3.05) is 46.3 Å². The molecular weight excluding hydrogens is 394 g/mol. The molecule has 31 heavy (non-hydrogen) atoms. The Bertz CT molecular complexity index is 961. The van der Waals surface area contributed by atoms with Crippen LogP contribution in [0.2, 0.25) is 0 Å². The highest BCUT2D eigenvalue weighted by atomic mass is 16.2. The Kier molecular flexibility index (Phi) is 6.90. The summed E-state index contributed by atoms with van der Waals surface area (Å²) in [6.45, 7) is 8.88. The summed E-state index contributed by atoms with van der Waals surface area (Å²) in [5.74, 6) is -0.340. The molecule has 166 valence electrons. The number of amides is 3. The summed E-state index contributed by atoms with van der Waals surface area (Å²) in [5.41, 5.74) is 0.835. The first-order valence-electron chi connectivity index (χ1n) is 10.7. The molecule has 1 aliphatic rings. The first-order valence-corrected chi connectivity index (χ1v) is 10.7. The highest BCUT2D eigenvalue weighted by Crippen LogP contribution is 2.13. The van der Waals surface area contributed by atoms with E-state index in [2.05, 4.69) is 10.3 Å². The largest absolute Gasteiger partial charge is 0.347 e. The molecule has 2 aromatic rings. The highest BCUT2D eigenvalue weighted by Gasteiger charge is 2.27. The Labute approximate surface area is 183 Å². The molecule has 0 saturated carbocycles. The molecule has 1 saturated heterocycles. The molecule has 1 aliphatic heterocycles. The summed E-state index contributed by atoms with van der Waals surface area (Å²) in [4.78, 5) is 46.3. The number of quaternary nitrogens is 1. The molecule has 3 amide bonds. The second-order valence-electron chi connectivity index (χ2n) is 9.16. The maximum absolute atomic E-state index is 12.7. The molecule has 1 fully saturated rings. The predicted molar refractivity (Wildman–Crippen MR) is 119 cm³/mol. The minimum atomic E-state index is -0.276. The number of rotatable bonds is 5. The minimum absolute atomic E-state index is 0.00713. The van der Waals surface area contributed by atoms with Crippen molar-refractivity contribution in [3.05, 3.63) is 42.1 Å². The number of fused-ring (bicyclic) bond motifs is 1. The van der Waals surface area contributed by atoms with Crippen molar-refractivity contribution in [3.8, 4) is 0 Å². The number of hydrogen-bond acceptors (Lipinski definition) is 4. The van der Waals surface area contributed by atoms with E-state index in [1.807, 2.05) is 51.1 Å². The minimum Gasteiger partial charge on any atom is -0.347 e. The van der Waals surface area contributed by atoms with Gasteiger partial charge in [-0.25, -0.2) is 4.98 Å². The van der Waals surface area contributed by atoms with Crippen molar-refractivity contribution in [1.82, 2.24) is 20.1 Å². The number of aromatic nitrogens is 1. The van der Waals surface area contributed by atoms with Crippen LogP contribution >= 0.6 is 0 Å². The van der Waals surface area contributed by atoms with Gasteiger partial charge in [-0.2, -0.15) is 0 Å². The number of nitrogens with one attached hydrogen (secondary N) is 2. The van der Waals surface area contributed by atoms with Crippen LogP contribution in [0.5, 0.6) is 0 Å². The SMILES string of the molecule is CN(CC(=O)N1CC[NH+](CC(=O)NC(C)(C)C)CC1)C(=O)c1ccc2ccccc2n1. The van der Waals surface area contributed by atoms with E-state index in [1.165, 1.54) is 4.90 Å². The average molecular weight is 427 g/mol. The third kappa shape index (κ3) is 6.24. The van der Waals surface area contributed by atoms with E-state index < -0.39 is 0 Å². The lowest BCUT2D eigenvalue weighted by Gasteiger charge is -2.33. The molecule has 2 N–H and O–H groups in total. The molecule has 0 spiro atoms. The first-order chi connectivity index (χ1) is 14.6. The molecule has 1 aromatic carbocycles. The van der Waals surface area contributed by atoms with E-state index in [1.54, 1.807) is 18.0 Å². The maximum atomic E-state index is 12.7. The van der Waals surface area contributed by atoms with Crippen LogP contribution in [-0.4, -0.2) is 84.4 Å². The first kappa shape index (κ1) is 22.7. The Morgan fingerprint density at radius 1 is 1.10 bits per heavy atom.